The number of benzene rings is 1. The molecule has 0 fully saturated rings. The second-order valence-electron chi connectivity index (χ2n) is 5.14. The second-order valence-corrected chi connectivity index (χ2v) is 5.14. The lowest BCUT2D eigenvalue weighted by molar-refractivity contribution is 0.0667. The van der Waals surface area contributed by atoms with Crippen molar-refractivity contribution in [3.63, 3.8) is 0 Å². The molecule has 5 heteroatoms. The molecule has 0 saturated carbocycles. The Morgan fingerprint density at radius 1 is 1.33 bits per heavy atom. The van der Waals surface area contributed by atoms with Crippen LogP contribution in [0, 0.1) is 0 Å². The first-order valence-electron chi connectivity index (χ1n) is 6.98. The summed E-state index contributed by atoms with van der Waals surface area (Å²) >= 11 is 0. The summed E-state index contributed by atoms with van der Waals surface area (Å²) < 4.78 is 0. The number of fused-ring (bicyclic) bond motifs is 1. The molecule has 1 aromatic heterocycles. The highest BCUT2D eigenvalue weighted by atomic mass is 16.2. The van der Waals surface area contributed by atoms with Gasteiger partial charge in [0.05, 0.1) is 6.04 Å². The first-order valence-corrected chi connectivity index (χ1v) is 6.98. The van der Waals surface area contributed by atoms with Gasteiger partial charge < -0.3 is 15.6 Å². The minimum atomic E-state index is -0.275. The van der Waals surface area contributed by atoms with Crippen molar-refractivity contribution in [2.24, 2.45) is 5.73 Å². The number of aromatic nitrogens is 1. The molecular formula is C16H17N3O2. The van der Waals surface area contributed by atoms with Crippen LogP contribution in [0.15, 0.2) is 47.4 Å². The normalized spacial score (nSPS) is 17.4. The zero-order valence-corrected chi connectivity index (χ0v) is 11.6. The number of carbonyl (C=O) groups excluding carboxylic acids is 1. The summed E-state index contributed by atoms with van der Waals surface area (Å²) in [6, 6.07) is 10.9. The van der Waals surface area contributed by atoms with Crippen LogP contribution in [0.3, 0.4) is 0 Å². The van der Waals surface area contributed by atoms with E-state index in [9.17, 15) is 9.59 Å². The summed E-state index contributed by atoms with van der Waals surface area (Å²) in [4.78, 5) is 28.3. The molecule has 0 bridgehead atoms. The van der Waals surface area contributed by atoms with Crippen LogP contribution < -0.4 is 11.3 Å². The molecule has 1 amide bonds. The molecule has 1 atom stereocenters. The summed E-state index contributed by atoms with van der Waals surface area (Å²) in [6.45, 7) is 0.983. The van der Waals surface area contributed by atoms with Crippen molar-refractivity contribution in [1.29, 1.82) is 0 Å². The van der Waals surface area contributed by atoms with E-state index in [-0.39, 0.29) is 17.5 Å². The monoisotopic (exact) mass is 283 g/mol. The van der Waals surface area contributed by atoms with E-state index in [4.69, 9.17) is 5.73 Å². The Labute approximate surface area is 122 Å². The first-order chi connectivity index (χ1) is 10.2. The van der Waals surface area contributed by atoms with Crippen LogP contribution in [-0.4, -0.2) is 28.9 Å². The molecule has 108 valence electrons. The number of nitrogens with two attached hydrogens (primary N) is 1. The van der Waals surface area contributed by atoms with Gasteiger partial charge in [-0.1, -0.05) is 24.3 Å². The van der Waals surface area contributed by atoms with Crippen LogP contribution in [0.5, 0.6) is 0 Å². The van der Waals surface area contributed by atoms with Crippen LogP contribution in [-0.2, 0) is 6.42 Å². The highest BCUT2D eigenvalue weighted by Crippen LogP contribution is 2.29. The predicted octanol–water partition coefficient (Wildman–Crippen LogP) is 1.07. The van der Waals surface area contributed by atoms with Gasteiger partial charge in [0.15, 0.2) is 0 Å². The van der Waals surface area contributed by atoms with E-state index in [0.717, 1.165) is 12.0 Å². The zero-order valence-electron chi connectivity index (χ0n) is 11.6. The molecule has 3 N–H and O–H groups in total. The SMILES string of the molecule is NCC1c2ccccc2CCN1C(=O)c1cc[nH]c(=O)c1. The molecule has 0 aliphatic carbocycles. The molecule has 2 heterocycles. The molecule has 0 saturated heterocycles. The van der Waals surface area contributed by atoms with Gasteiger partial charge in [-0.3, -0.25) is 9.59 Å². The number of hydrogen-bond donors (Lipinski definition) is 2. The van der Waals surface area contributed by atoms with E-state index in [0.29, 0.717) is 18.7 Å². The smallest absolute Gasteiger partial charge is 0.254 e. The standard InChI is InChI=1S/C16H17N3O2/c17-10-14-13-4-2-1-3-11(13)6-8-19(14)16(21)12-5-7-18-15(20)9-12/h1-5,7,9,14H,6,8,10,17H2,(H,18,20). The van der Waals surface area contributed by atoms with Crippen molar-refractivity contribution in [1.82, 2.24) is 9.88 Å². The summed E-state index contributed by atoms with van der Waals surface area (Å²) in [6.07, 6.45) is 2.30. The van der Waals surface area contributed by atoms with Crippen LogP contribution in [0.1, 0.15) is 27.5 Å². The quantitative estimate of drug-likeness (QED) is 0.865. The van der Waals surface area contributed by atoms with Gasteiger partial charge in [-0.15, -0.1) is 0 Å². The Balaban J connectivity index is 1.96. The van der Waals surface area contributed by atoms with E-state index in [1.165, 1.54) is 17.8 Å². The van der Waals surface area contributed by atoms with Crippen LogP contribution >= 0.6 is 0 Å². The molecule has 3 rings (SSSR count). The maximum atomic E-state index is 12.6. The average molecular weight is 283 g/mol. The van der Waals surface area contributed by atoms with Gasteiger partial charge in [-0.05, 0) is 23.6 Å². The molecule has 5 nitrogen and oxygen atoms in total. The number of pyridine rings is 1. The molecule has 0 radical (unpaired) electrons. The van der Waals surface area contributed by atoms with Gasteiger partial charge in [0.1, 0.15) is 0 Å². The van der Waals surface area contributed by atoms with Crippen LogP contribution in [0.2, 0.25) is 0 Å². The van der Waals surface area contributed by atoms with Crippen molar-refractivity contribution < 1.29 is 4.79 Å². The molecule has 1 unspecified atom stereocenters. The summed E-state index contributed by atoms with van der Waals surface area (Å²) in [5.41, 5.74) is 8.36. The van der Waals surface area contributed by atoms with Gasteiger partial charge in [0, 0.05) is 30.9 Å². The Kier molecular flexibility index (Phi) is 3.58. The summed E-state index contributed by atoms with van der Waals surface area (Å²) in [5, 5.41) is 0. The lowest BCUT2D eigenvalue weighted by Crippen LogP contribution is -2.43. The van der Waals surface area contributed by atoms with Gasteiger partial charge in [0.2, 0.25) is 5.56 Å². The number of H-pyrrole nitrogens is 1. The predicted molar refractivity (Wildman–Crippen MR) is 80.0 cm³/mol. The van der Waals surface area contributed by atoms with Crippen LogP contribution in [0.25, 0.3) is 0 Å². The van der Waals surface area contributed by atoms with Gasteiger partial charge in [-0.25, -0.2) is 0 Å². The maximum absolute atomic E-state index is 12.6. The largest absolute Gasteiger partial charge is 0.330 e. The third-order valence-electron chi connectivity index (χ3n) is 3.92. The van der Waals surface area contributed by atoms with E-state index >= 15 is 0 Å². The Morgan fingerprint density at radius 2 is 2.14 bits per heavy atom. The van der Waals surface area contributed by atoms with Crippen molar-refractivity contribution in [2.45, 2.75) is 12.5 Å². The number of carbonyl (C=O) groups is 1. The maximum Gasteiger partial charge on any atom is 0.254 e. The fraction of sp³-hybridized carbons (Fsp3) is 0.250. The molecular weight excluding hydrogens is 266 g/mol. The van der Waals surface area contributed by atoms with Crippen molar-refractivity contribution >= 4 is 5.91 Å². The van der Waals surface area contributed by atoms with E-state index in [1.807, 2.05) is 18.2 Å². The zero-order chi connectivity index (χ0) is 14.8. The van der Waals surface area contributed by atoms with Gasteiger partial charge in [0.25, 0.3) is 5.91 Å². The number of hydrogen-bond acceptors (Lipinski definition) is 3. The van der Waals surface area contributed by atoms with Crippen LogP contribution in [0.4, 0.5) is 0 Å². The fourth-order valence-electron chi connectivity index (χ4n) is 2.89. The molecule has 1 aliphatic rings. The first kappa shape index (κ1) is 13.6. The Bertz CT molecular complexity index is 723. The number of nitrogens with zero attached hydrogens (tertiary/aromatic N) is 1. The summed E-state index contributed by atoms with van der Waals surface area (Å²) in [5.74, 6) is -0.147. The number of nitrogens with one attached hydrogen (secondary N) is 1. The fourth-order valence-corrected chi connectivity index (χ4v) is 2.89. The molecule has 1 aliphatic heterocycles. The second kappa shape index (κ2) is 5.54. The molecule has 21 heavy (non-hydrogen) atoms. The summed E-state index contributed by atoms with van der Waals surface area (Å²) in [7, 11) is 0. The molecule has 2 aromatic rings. The van der Waals surface area contributed by atoms with Crippen molar-refractivity contribution in [3.05, 3.63) is 69.6 Å². The van der Waals surface area contributed by atoms with Crippen molar-refractivity contribution in [2.75, 3.05) is 13.1 Å². The Morgan fingerprint density at radius 3 is 2.90 bits per heavy atom. The van der Waals surface area contributed by atoms with E-state index < -0.39 is 0 Å². The lowest BCUT2D eigenvalue weighted by atomic mass is 9.92. The molecule has 1 aromatic carbocycles. The Hall–Kier alpha value is -2.40. The van der Waals surface area contributed by atoms with E-state index in [2.05, 4.69) is 11.1 Å². The van der Waals surface area contributed by atoms with Gasteiger partial charge >= 0.3 is 0 Å². The number of amides is 1. The van der Waals surface area contributed by atoms with Crippen molar-refractivity contribution in [3.8, 4) is 0 Å². The lowest BCUT2D eigenvalue weighted by Gasteiger charge is -2.36. The van der Waals surface area contributed by atoms with E-state index in [1.54, 1.807) is 11.0 Å². The average Bonchev–Trinajstić information content (AvgIpc) is 2.53. The number of rotatable bonds is 2. The third kappa shape index (κ3) is 2.48. The topological polar surface area (TPSA) is 79.2 Å². The highest BCUT2D eigenvalue weighted by Gasteiger charge is 2.30. The third-order valence-corrected chi connectivity index (χ3v) is 3.92. The highest BCUT2D eigenvalue weighted by molar-refractivity contribution is 5.94. The number of aromatic amines is 1. The minimum Gasteiger partial charge on any atom is -0.330 e. The minimum absolute atomic E-state index is 0.137. The molecule has 0 spiro atoms. The van der Waals surface area contributed by atoms with Gasteiger partial charge in [-0.2, -0.15) is 0 Å².